The lowest BCUT2D eigenvalue weighted by molar-refractivity contribution is -0.108. The van der Waals surface area contributed by atoms with Crippen LogP contribution in [0.4, 0.5) is 0 Å². The molecule has 7 nitrogen and oxygen atoms in total. The van der Waals surface area contributed by atoms with Crippen molar-refractivity contribution in [2.24, 2.45) is 0 Å². The standard InChI is InChI=1S/C27H30N4O3.C7H8/c1-29(18-19-3-4-20-9-10-31(22-5-6-22)26(20)15-19)11-12-30(13-14-32)27(33)25-17-21-16-23(34-2)7-8-24(21)28-25;1-7-5-3-2-4-6-7/h3-4,7-10,14-17,22,28H,5-6,11-13,18H2,1-2H3;2-6H,1H3. The average molecular weight is 551 g/mol. The van der Waals surface area contributed by atoms with Crippen molar-refractivity contribution in [2.45, 2.75) is 32.4 Å². The van der Waals surface area contributed by atoms with Crippen LogP contribution in [0.2, 0.25) is 0 Å². The molecule has 1 N–H and O–H groups in total. The van der Waals surface area contributed by atoms with Crippen LogP contribution in [0.5, 0.6) is 5.75 Å². The number of aldehydes is 1. The summed E-state index contributed by atoms with van der Waals surface area (Å²) in [5.41, 5.74) is 5.19. The molecule has 5 aromatic rings. The molecule has 0 saturated heterocycles. The summed E-state index contributed by atoms with van der Waals surface area (Å²) in [6, 6.07) is 27.2. The topological polar surface area (TPSA) is 70.6 Å². The Morgan fingerprint density at radius 2 is 1.80 bits per heavy atom. The van der Waals surface area contributed by atoms with Crippen LogP contribution in [-0.4, -0.2) is 65.3 Å². The first kappa shape index (κ1) is 28.2. The number of hydrogen-bond acceptors (Lipinski definition) is 4. The van der Waals surface area contributed by atoms with Crippen molar-refractivity contribution < 1.29 is 14.3 Å². The summed E-state index contributed by atoms with van der Waals surface area (Å²) in [7, 11) is 3.66. The molecule has 2 heterocycles. The molecule has 6 rings (SSSR count). The predicted molar refractivity (Wildman–Crippen MR) is 165 cm³/mol. The molecule has 2 aromatic heterocycles. The van der Waals surface area contributed by atoms with Crippen LogP contribution in [0.15, 0.2) is 85.1 Å². The summed E-state index contributed by atoms with van der Waals surface area (Å²) in [4.78, 5) is 31.4. The Hall–Kier alpha value is -4.36. The highest BCUT2D eigenvalue weighted by atomic mass is 16.5. The van der Waals surface area contributed by atoms with E-state index in [1.807, 2.05) is 49.5 Å². The Kier molecular flexibility index (Phi) is 8.85. The van der Waals surface area contributed by atoms with Crippen LogP contribution < -0.4 is 4.74 Å². The van der Waals surface area contributed by atoms with Gasteiger partial charge in [0.1, 0.15) is 17.7 Å². The molecule has 41 heavy (non-hydrogen) atoms. The van der Waals surface area contributed by atoms with Gasteiger partial charge in [-0.25, -0.2) is 0 Å². The molecule has 0 unspecified atom stereocenters. The monoisotopic (exact) mass is 550 g/mol. The van der Waals surface area contributed by atoms with Gasteiger partial charge in [-0.1, -0.05) is 48.0 Å². The summed E-state index contributed by atoms with van der Waals surface area (Å²) in [6.45, 7) is 4.05. The van der Waals surface area contributed by atoms with Crippen molar-refractivity contribution in [3.63, 3.8) is 0 Å². The SMILES string of the molecule is COc1ccc2[nH]c(C(=O)N(CC=O)CCN(C)Cc3ccc4ccn(C5CC5)c4c3)cc2c1.Cc1ccccc1. The number of methoxy groups -OCH3 is 1. The van der Waals surface area contributed by atoms with E-state index in [4.69, 9.17) is 4.74 Å². The highest BCUT2D eigenvalue weighted by molar-refractivity contribution is 5.99. The lowest BCUT2D eigenvalue weighted by Gasteiger charge is -2.24. The number of fused-ring (bicyclic) bond motifs is 2. The number of hydrogen-bond donors (Lipinski definition) is 1. The second kappa shape index (κ2) is 12.9. The minimum absolute atomic E-state index is 0.0617. The van der Waals surface area contributed by atoms with E-state index >= 15 is 0 Å². The molecule has 0 bridgehead atoms. The van der Waals surface area contributed by atoms with Gasteiger partial charge in [0.05, 0.1) is 13.7 Å². The first-order chi connectivity index (χ1) is 19.9. The van der Waals surface area contributed by atoms with Crippen molar-refractivity contribution in [1.82, 2.24) is 19.4 Å². The molecule has 0 aliphatic heterocycles. The number of H-pyrrole nitrogens is 1. The van der Waals surface area contributed by atoms with Gasteiger partial charge in [0.2, 0.25) is 0 Å². The van der Waals surface area contributed by atoms with Gasteiger partial charge in [0.25, 0.3) is 5.91 Å². The number of ether oxygens (including phenoxy) is 1. The summed E-state index contributed by atoms with van der Waals surface area (Å²) in [5.74, 6) is 0.554. The molecule has 212 valence electrons. The number of carbonyl (C=O) groups is 2. The first-order valence-corrected chi connectivity index (χ1v) is 14.1. The molecule has 3 aromatic carbocycles. The zero-order valence-corrected chi connectivity index (χ0v) is 24.0. The molecule has 1 fully saturated rings. The quantitative estimate of drug-likeness (QED) is 0.209. The largest absolute Gasteiger partial charge is 0.497 e. The number of rotatable bonds is 10. The molecule has 1 aliphatic rings. The number of aryl methyl sites for hydroxylation is 1. The van der Waals surface area contributed by atoms with Gasteiger partial charge < -0.3 is 28.9 Å². The van der Waals surface area contributed by atoms with E-state index < -0.39 is 0 Å². The first-order valence-electron chi connectivity index (χ1n) is 14.1. The number of benzene rings is 3. The summed E-state index contributed by atoms with van der Waals surface area (Å²) >= 11 is 0. The second-order valence-electron chi connectivity index (χ2n) is 10.8. The number of amides is 1. The van der Waals surface area contributed by atoms with Crippen molar-refractivity contribution in [3.8, 4) is 5.75 Å². The van der Waals surface area contributed by atoms with Gasteiger partial charge in [-0.15, -0.1) is 0 Å². The van der Waals surface area contributed by atoms with Gasteiger partial charge in [-0.3, -0.25) is 4.79 Å². The predicted octanol–water partition coefficient (Wildman–Crippen LogP) is 6.23. The molecular formula is C34H38N4O3. The summed E-state index contributed by atoms with van der Waals surface area (Å²) < 4.78 is 7.66. The summed E-state index contributed by atoms with van der Waals surface area (Å²) in [6.07, 6.45) is 5.50. The Morgan fingerprint density at radius 3 is 2.49 bits per heavy atom. The van der Waals surface area contributed by atoms with Crippen LogP contribution in [0.1, 0.15) is 40.5 Å². The van der Waals surface area contributed by atoms with Gasteiger partial charge in [-0.05, 0) is 74.2 Å². The van der Waals surface area contributed by atoms with Crippen LogP contribution in [-0.2, 0) is 11.3 Å². The van der Waals surface area contributed by atoms with Gasteiger partial charge in [0, 0.05) is 48.3 Å². The Balaban J connectivity index is 0.000000423. The van der Waals surface area contributed by atoms with E-state index in [2.05, 4.69) is 64.0 Å². The molecule has 0 atom stereocenters. The van der Waals surface area contributed by atoms with E-state index in [0.717, 1.165) is 29.5 Å². The third kappa shape index (κ3) is 7.05. The Bertz CT molecular complexity index is 1620. The maximum Gasteiger partial charge on any atom is 0.270 e. The third-order valence-electron chi connectivity index (χ3n) is 7.51. The van der Waals surface area contributed by atoms with Crippen molar-refractivity contribution in [2.75, 3.05) is 33.8 Å². The zero-order valence-electron chi connectivity index (χ0n) is 24.0. The molecule has 0 spiro atoms. The van der Waals surface area contributed by atoms with Crippen molar-refractivity contribution in [1.29, 1.82) is 0 Å². The zero-order chi connectivity index (χ0) is 28.8. The van der Waals surface area contributed by atoms with Gasteiger partial charge >= 0.3 is 0 Å². The van der Waals surface area contributed by atoms with Gasteiger partial charge in [0.15, 0.2) is 0 Å². The highest BCUT2D eigenvalue weighted by Gasteiger charge is 2.24. The fourth-order valence-electron chi connectivity index (χ4n) is 5.07. The lowest BCUT2D eigenvalue weighted by atomic mass is 10.1. The lowest BCUT2D eigenvalue weighted by Crippen LogP contribution is -2.38. The van der Waals surface area contributed by atoms with Crippen LogP contribution in [0.25, 0.3) is 21.8 Å². The molecular weight excluding hydrogens is 512 g/mol. The van der Waals surface area contributed by atoms with E-state index in [9.17, 15) is 9.59 Å². The minimum atomic E-state index is -0.181. The second-order valence-corrected chi connectivity index (χ2v) is 10.8. The molecule has 7 heteroatoms. The van der Waals surface area contributed by atoms with Crippen molar-refractivity contribution in [3.05, 3.63) is 102 Å². The van der Waals surface area contributed by atoms with E-state index in [-0.39, 0.29) is 12.5 Å². The number of aromatic amines is 1. The van der Waals surface area contributed by atoms with Gasteiger partial charge in [-0.2, -0.15) is 0 Å². The molecule has 1 aliphatic carbocycles. The summed E-state index contributed by atoms with van der Waals surface area (Å²) in [5, 5.41) is 2.18. The normalized spacial score (nSPS) is 12.8. The van der Waals surface area contributed by atoms with E-state index in [0.29, 0.717) is 24.8 Å². The number of likely N-dealkylation sites (N-methyl/N-ethyl adjacent to an activating group) is 1. The Labute approximate surface area is 241 Å². The van der Waals surface area contributed by atoms with E-state index in [1.54, 1.807) is 12.0 Å². The number of carbonyl (C=O) groups excluding carboxylic acids is 2. The average Bonchev–Trinajstić information content (AvgIpc) is 3.60. The molecule has 1 saturated carbocycles. The van der Waals surface area contributed by atoms with E-state index in [1.165, 1.54) is 34.9 Å². The maximum absolute atomic E-state index is 13.1. The number of aromatic nitrogens is 2. The molecule has 0 radical (unpaired) electrons. The number of nitrogens with zero attached hydrogens (tertiary/aromatic N) is 3. The van der Waals surface area contributed by atoms with Crippen LogP contribution in [0.3, 0.4) is 0 Å². The van der Waals surface area contributed by atoms with Crippen LogP contribution >= 0.6 is 0 Å². The Morgan fingerprint density at radius 1 is 1.00 bits per heavy atom. The fraction of sp³-hybridized carbons (Fsp3) is 0.294. The van der Waals surface area contributed by atoms with Crippen molar-refractivity contribution >= 4 is 34.0 Å². The minimum Gasteiger partial charge on any atom is -0.497 e. The third-order valence-corrected chi connectivity index (χ3v) is 7.51. The maximum atomic E-state index is 13.1. The van der Waals surface area contributed by atoms with Crippen LogP contribution in [0, 0.1) is 6.92 Å². The smallest absolute Gasteiger partial charge is 0.270 e. The number of nitrogens with one attached hydrogen (secondary N) is 1. The highest BCUT2D eigenvalue weighted by Crippen LogP contribution is 2.38. The fourth-order valence-corrected chi connectivity index (χ4v) is 5.07. The molecule has 1 amide bonds.